The number of amides is 1. The van der Waals surface area contributed by atoms with Gasteiger partial charge in [0.15, 0.2) is 0 Å². The molecule has 4 rings (SSSR count). The molecule has 1 aliphatic carbocycles. The number of carbonyl (C=O) groups is 1. The van der Waals surface area contributed by atoms with Crippen LogP contribution in [0.25, 0.3) is 11.0 Å². The first-order valence-electron chi connectivity index (χ1n) is 12.0. The summed E-state index contributed by atoms with van der Waals surface area (Å²) in [5.74, 6) is 1.25. The molecule has 184 valence electrons. The summed E-state index contributed by atoms with van der Waals surface area (Å²) in [7, 11) is 1.63. The number of nitriles is 1. The smallest absolute Gasteiger partial charge is 0.263 e. The first-order chi connectivity index (χ1) is 17.0. The third kappa shape index (κ3) is 6.23. The van der Waals surface area contributed by atoms with Gasteiger partial charge in [0, 0.05) is 25.9 Å². The van der Waals surface area contributed by atoms with E-state index < -0.39 is 11.5 Å². The molecule has 3 aromatic rings. The molecule has 0 atom stereocenters. The number of hydrogen-bond acceptors (Lipinski definition) is 6. The molecule has 0 saturated heterocycles. The first-order valence-corrected chi connectivity index (χ1v) is 13.0. The lowest BCUT2D eigenvalue weighted by molar-refractivity contribution is 0.0949. The molecule has 35 heavy (non-hydrogen) atoms. The van der Waals surface area contributed by atoms with Crippen LogP contribution in [0, 0.1) is 11.3 Å². The van der Waals surface area contributed by atoms with E-state index in [9.17, 15) is 9.59 Å². The van der Waals surface area contributed by atoms with Gasteiger partial charge in [-0.25, -0.2) is 0 Å². The van der Waals surface area contributed by atoms with Crippen molar-refractivity contribution in [2.45, 2.75) is 51.3 Å². The second kappa shape index (κ2) is 11.9. The normalized spacial score (nSPS) is 13.3. The minimum absolute atomic E-state index is 0.0282. The van der Waals surface area contributed by atoms with Crippen molar-refractivity contribution in [1.82, 2.24) is 14.9 Å². The van der Waals surface area contributed by atoms with E-state index in [-0.39, 0.29) is 16.9 Å². The average Bonchev–Trinajstić information content (AvgIpc) is 3.68. The van der Waals surface area contributed by atoms with E-state index in [0.717, 1.165) is 30.6 Å². The number of thioether (sulfide) groups is 1. The molecule has 2 aromatic heterocycles. The molecule has 1 N–H and O–H groups in total. The summed E-state index contributed by atoms with van der Waals surface area (Å²) in [6.45, 7) is 7.02. The van der Waals surface area contributed by atoms with E-state index in [4.69, 9.17) is 10.00 Å². The van der Waals surface area contributed by atoms with E-state index >= 15 is 0 Å². The number of nitrogens with one attached hydrogen (secondary N) is 1. The fourth-order valence-electron chi connectivity index (χ4n) is 3.63. The second-order valence-electron chi connectivity index (χ2n) is 8.28. The summed E-state index contributed by atoms with van der Waals surface area (Å²) in [6.07, 6.45) is 5.06. The summed E-state index contributed by atoms with van der Waals surface area (Å²) in [5, 5.41) is 11.7. The van der Waals surface area contributed by atoms with Crippen LogP contribution in [0.5, 0.6) is 5.75 Å². The molecule has 1 aliphatic rings. The lowest BCUT2D eigenvalue weighted by Crippen LogP contribution is -2.32. The Bertz CT molecular complexity index is 1270. The zero-order valence-corrected chi connectivity index (χ0v) is 21.6. The summed E-state index contributed by atoms with van der Waals surface area (Å²) >= 11 is 1.96. The number of aromatic nitrogens is 2. The van der Waals surface area contributed by atoms with Crippen LogP contribution in [0.3, 0.4) is 0 Å². The molecule has 0 spiro atoms. The quantitative estimate of drug-likeness (QED) is 0.460. The maximum absolute atomic E-state index is 13.0. The number of rotatable bonds is 9. The number of carbonyl (C=O) groups excluding carboxylic acids is 1. The number of fused-ring (bicyclic) bond motifs is 1. The molecule has 0 radical (unpaired) electrons. The molecular weight excluding hydrogens is 460 g/mol. The Morgan fingerprint density at radius 3 is 2.60 bits per heavy atom. The summed E-state index contributed by atoms with van der Waals surface area (Å²) in [6, 6.07) is 12.3. The number of nitrogens with zero attached hydrogens (tertiary/aromatic N) is 3. The number of aryl methyl sites for hydroxylation is 1. The molecule has 7 nitrogen and oxygen atoms in total. The van der Waals surface area contributed by atoms with Gasteiger partial charge in [-0.15, -0.1) is 0 Å². The van der Waals surface area contributed by atoms with Crippen molar-refractivity contribution < 1.29 is 9.53 Å². The Morgan fingerprint density at radius 1 is 1.26 bits per heavy atom. The summed E-state index contributed by atoms with van der Waals surface area (Å²) < 4.78 is 7.77. The fourth-order valence-corrected chi connectivity index (χ4v) is 4.80. The number of hydrogen-bond donors (Lipinski definition) is 1. The van der Waals surface area contributed by atoms with Crippen molar-refractivity contribution in [3.05, 3.63) is 69.6 Å². The maximum Gasteiger partial charge on any atom is 0.263 e. The monoisotopic (exact) mass is 492 g/mol. The predicted octanol–water partition coefficient (Wildman–Crippen LogP) is 4.82. The van der Waals surface area contributed by atoms with E-state index in [0.29, 0.717) is 29.0 Å². The van der Waals surface area contributed by atoms with Gasteiger partial charge in [0.1, 0.15) is 23.4 Å². The summed E-state index contributed by atoms with van der Waals surface area (Å²) in [5.41, 5.74) is 2.13. The molecule has 1 saturated carbocycles. The molecular formula is C27H32N4O3S. The van der Waals surface area contributed by atoms with Crippen LogP contribution >= 0.6 is 11.8 Å². The van der Waals surface area contributed by atoms with Crippen LogP contribution in [0.4, 0.5) is 0 Å². The van der Waals surface area contributed by atoms with Gasteiger partial charge >= 0.3 is 0 Å². The van der Waals surface area contributed by atoms with Crippen molar-refractivity contribution in [2.75, 3.05) is 12.4 Å². The van der Waals surface area contributed by atoms with Crippen LogP contribution < -0.4 is 15.6 Å². The number of benzene rings is 1. The molecule has 1 amide bonds. The second-order valence-corrected chi connectivity index (χ2v) is 9.84. The van der Waals surface area contributed by atoms with Crippen molar-refractivity contribution in [1.29, 1.82) is 5.26 Å². The minimum atomic E-state index is -0.470. The molecule has 1 aromatic carbocycles. The third-order valence-electron chi connectivity index (χ3n) is 5.76. The van der Waals surface area contributed by atoms with Gasteiger partial charge in [-0.2, -0.15) is 17.0 Å². The van der Waals surface area contributed by atoms with Crippen LogP contribution in [0.1, 0.15) is 61.5 Å². The fraction of sp³-hybridized carbons (Fsp3) is 0.407. The van der Waals surface area contributed by atoms with E-state index in [2.05, 4.69) is 23.3 Å². The topological polar surface area (TPSA) is 97.0 Å². The van der Waals surface area contributed by atoms with Gasteiger partial charge in [0.25, 0.3) is 11.5 Å². The van der Waals surface area contributed by atoms with Gasteiger partial charge in [-0.1, -0.05) is 32.9 Å². The van der Waals surface area contributed by atoms with Crippen molar-refractivity contribution in [3.8, 4) is 11.8 Å². The zero-order valence-electron chi connectivity index (χ0n) is 20.8. The average molecular weight is 493 g/mol. The first kappa shape index (κ1) is 26.3. The Balaban J connectivity index is 0.00000167. The molecule has 0 aliphatic heterocycles. The lowest BCUT2D eigenvalue weighted by Gasteiger charge is -2.18. The Kier molecular flexibility index (Phi) is 8.94. The standard InChI is InChI=1S/C25H26N4O3S.C2H6/c1-3-12-33-25(9-10-25)16-32-21-8-11-27-20-13-19(24(31)29(2)22(20)21)23(30)28-15-18-6-4-17(14-26)5-7-18;1-2/h4-8,11,13H,3,9-10,12,15-16H2,1-2H3,(H,28,30);1-2H3. The molecule has 8 heteroatoms. The van der Waals surface area contributed by atoms with Gasteiger partial charge in [0.2, 0.25) is 0 Å². The Labute approximate surface area is 210 Å². The lowest BCUT2D eigenvalue weighted by atomic mass is 10.1. The van der Waals surface area contributed by atoms with Crippen LogP contribution in [-0.4, -0.2) is 32.6 Å². The maximum atomic E-state index is 13.0. The van der Waals surface area contributed by atoms with Crippen LogP contribution in [-0.2, 0) is 13.6 Å². The Morgan fingerprint density at radius 2 is 1.97 bits per heavy atom. The highest BCUT2D eigenvalue weighted by atomic mass is 32.2. The zero-order chi connectivity index (χ0) is 25.4. The largest absolute Gasteiger partial charge is 0.490 e. The molecule has 2 heterocycles. The highest BCUT2D eigenvalue weighted by Crippen LogP contribution is 2.49. The number of ether oxygens (including phenoxy) is 1. The third-order valence-corrected chi connectivity index (χ3v) is 7.51. The van der Waals surface area contributed by atoms with Gasteiger partial charge in [0.05, 0.1) is 21.9 Å². The Hall–Kier alpha value is -3.31. The van der Waals surface area contributed by atoms with Crippen LogP contribution in [0.15, 0.2) is 47.4 Å². The van der Waals surface area contributed by atoms with E-state index in [1.54, 1.807) is 43.6 Å². The van der Waals surface area contributed by atoms with Crippen molar-refractivity contribution >= 4 is 28.7 Å². The number of pyridine rings is 2. The van der Waals surface area contributed by atoms with Gasteiger partial charge < -0.3 is 14.6 Å². The van der Waals surface area contributed by atoms with Gasteiger partial charge in [-0.05, 0) is 48.8 Å². The van der Waals surface area contributed by atoms with Gasteiger partial charge in [-0.3, -0.25) is 14.6 Å². The highest BCUT2D eigenvalue weighted by Gasteiger charge is 2.44. The molecule has 0 bridgehead atoms. The predicted molar refractivity (Wildman–Crippen MR) is 141 cm³/mol. The van der Waals surface area contributed by atoms with E-state index in [1.165, 1.54) is 10.6 Å². The van der Waals surface area contributed by atoms with Crippen molar-refractivity contribution in [3.63, 3.8) is 0 Å². The van der Waals surface area contributed by atoms with Crippen LogP contribution in [0.2, 0.25) is 0 Å². The SMILES string of the molecule is CC.CCCSC1(COc2ccnc3cc(C(=O)NCc4ccc(C#N)cc4)c(=O)n(C)c23)CC1. The summed E-state index contributed by atoms with van der Waals surface area (Å²) in [4.78, 5) is 30.2. The molecule has 0 unspecified atom stereocenters. The molecule has 1 fully saturated rings. The van der Waals surface area contributed by atoms with Crippen molar-refractivity contribution in [2.24, 2.45) is 7.05 Å². The minimum Gasteiger partial charge on any atom is -0.490 e. The highest BCUT2D eigenvalue weighted by molar-refractivity contribution is 8.00. The van der Waals surface area contributed by atoms with E-state index in [1.807, 2.05) is 25.6 Å².